The Labute approximate surface area is 99.1 Å². The van der Waals surface area contributed by atoms with Crippen LogP contribution in [0.2, 0.25) is 0 Å². The van der Waals surface area contributed by atoms with E-state index in [2.05, 4.69) is 27.3 Å². The largest absolute Gasteiger partial charge is 0.494 e. The number of ether oxygens (including phenoxy) is 1. The molecule has 1 aliphatic heterocycles. The third kappa shape index (κ3) is 2.52. The van der Waals surface area contributed by atoms with Gasteiger partial charge in [-0.2, -0.15) is 0 Å². The minimum Gasteiger partial charge on any atom is -0.494 e. The van der Waals surface area contributed by atoms with Crippen molar-refractivity contribution in [3.8, 4) is 5.75 Å². The van der Waals surface area contributed by atoms with E-state index in [-0.39, 0.29) is 0 Å². The smallest absolute Gasteiger partial charge is 0.124 e. The van der Waals surface area contributed by atoms with Crippen molar-refractivity contribution in [2.75, 3.05) is 13.2 Å². The number of rotatable bonds is 3. The average molecular weight is 270 g/mol. The summed E-state index contributed by atoms with van der Waals surface area (Å²) in [5.41, 5.74) is 1.28. The van der Waals surface area contributed by atoms with E-state index >= 15 is 0 Å². The van der Waals surface area contributed by atoms with Crippen LogP contribution in [0.15, 0.2) is 22.7 Å². The Balaban J connectivity index is 2.28. The summed E-state index contributed by atoms with van der Waals surface area (Å²) < 4.78 is 6.76. The summed E-state index contributed by atoms with van der Waals surface area (Å²) in [7, 11) is 0. The molecular weight excluding hydrogens is 254 g/mol. The van der Waals surface area contributed by atoms with E-state index < -0.39 is 0 Å². The van der Waals surface area contributed by atoms with Gasteiger partial charge in [0.1, 0.15) is 5.75 Å². The van der Waals surface area contributed by atoms with E-state index in [1.54, 1.807) is 0 Å². The zero-order valence-electron chi connectivity index (χ0n) is 8.92. The molecular formula is C12H16BrNO. The maximum Gasteiger partial charge on any atom is 0.124 e. The predicted octanol–water partition coefficient (Wildman–Crippen LogP) is 3.27. The second kappa shape index (κ2) is 4.99. The van der Waals surface area contributed by atoms with Crippen LogP contribution in [-0.2, 0) is 0 Å². The molecule has 15 heavy (non-hydrogen) atoms. The van der Waals surface area contributed by atoms with Gasteiger partial charge in [-0.15, -0.1) is 0 Å². The summed E-state index contributed by atoms with van der Waals surface area (Å²) in [4.78, 5) is 0. The summed E-state index contributed by atoms with van der Waals surface area (Å²) >= 11 is 3.51. The number of hydrogen-bond acceptors (Lipinski definition) is 2. The van der Waals surface area contributed by atoms with Gasteiger partial charge >= 0.3 is 0 Å². The summed E-state index contributed by atoms with van der Waals surface area (Å²) in [5.74, 6) is 1.01. The Morgan fingerprint density at radius 2 is 2.40 bits per heavy atom. The van der Waals surface area contributed by atoms with Gasteiger partial charge in [0.05, 0.1) is 6.61 Å². The highest BCUT2D eigenvalue weighted by atomic mass is 79.9. The van der Waals surface area contributed by atoms with Crippen molar-refractivity contribution in [1.29, 1.82) is 0 Å². The van der Waals surface area contributed by atoms with Crippen LogP contribution in [0, 0.1) is 0 Å². The van der Waals surface area contributed by atoms with E-state index in [1.165, 1.54) is 18.4 Å². The summed E-state index contributed by atoms with van der Waals surface area (Å²) in [6, 6.07) is 6.70. The lowest BCUT2D eigenvalue weighted by Gasteiger charge is -2.16. The summed E-state index contributed by atoms with van der Waals surface area (Å²) in [6.45, 7) is 3.86. The zero-order chi connectivity index (χ0) is 10.7. The van der Waals surface area contributed by atoms with Gasteiger partial charge in [-0.1, -0.05) is 15.9 Å². The minimum absolute atomic E-state index is 0.462. The van der Waals surface area contributed by atoms with Crippen molar-refractivity contribution >= 4 is 15.9 Å². The fraction of sp³-hybridized carbons (Fsp3) is 0.500. The van der Waals surface area contributed by atoms with Gasteiger partial charge in [0.15, 0.2) is 0 Å². The molecule has 0 spiro atoms. The molecule has 0 saturated carbocycles. The van der Waals surface area contributed by atoms with Crippen molar-refractivity contribution < 1.29 is 4.74 Å². The molecule has 1 fully saturated rings. The third-order valence-electron chi connectivity index (χ3n) is 2.71. The van der Waals surface area contributed by atoms with Crippen LogP contribution in [0.4, 0.5) is 0 Å². The molecule has 1 aromatic carbocycles. The van der Waals surface area contributed by atoms with E-state index in [4.69, 9.17) is 4.74 Å². The molecule has 1 atom stereocenters. The van der Waals surface area contributed by atoms with Crippen molar-refractivity contribution in [3.63, 3.8) is 0 Å². The maximum absolute atomic E-state index is 5.64. The van der Waals surface area contributed by atoms with Crippen LogP contribution >= 0.6 is 15.9 Å². The zero-order valence-corrected chi connectivity index (χ0v) is 10.5. The second-order valence-corrected chi connectivity index (χ2v) is 4.68. The standard InChI is InChI=1S/C12H16BrNO/c1-2-15-12-6-5-9(13)8-10(12)11-4-3-7-14-11/h5-6,8,11,14H,2-4,7H2,1H3/t11-/m0/s1. The Morgan fingerprint density at radius 3 is 3.07 bits per heavy atom. The molecule has 0 aliphatic carbocycles. The van der Waals surface area contributed by atoms with E-state index in [0.717, 1.165) is 23.4 Å². The lowest BCUT2D eigenvalue weighted by atomic mass is 10.0. The first-order chi connectivity index (χ1) is 7.31. The van der Waals surface area contributed by atoms with Crippen LogP contribution in [0.5, 0.6) is 5.75 Å². The predicted molar refractivity (Wildman–Crippen MR) is 65.3 cm³/mol. The van der Waals surface area contributed by atoms with Gasteiger partial charge in [-0.3, -0.25) is 0 Å². The fourth-order valence-corrected chi connectivity index (χ4v) is 2.41. The number of nitrogens with one attached hydrogen (secondary N) is 1. The topological polar surface area (TPSA) is 21.3 Å². The Kier molecular flexibility index (Phi) is 3.65. The Hall–Kier alpha value is -0.540. The minimum atomic E-state index is 0.462. The lowest BCUT2D eigenvalue weighted by molar-refractivity contribution is 0.333. The molecule has 0 radical (unpaired) electrons. The van der Waals surface area contributed by atoms with E-state index in [0.29, 0.717) is 6.04 Å². The number of halogens is 1. The highest BCUT2D eigenvalue weighted by Crippen LogP contribution is 2.33. The van der Waals surface area contributed by atoms with E-state index in [1.807, 2.05) is 19.1 Å². The van der Waals surface area contributed by atoms with Gasteiger partial charge in [0.25, 0.3) is 0 Å². The first-order valence-corrected chi connectivity index (χ1v) is 6.26. The molecule has 0 bridgehead atoms. The lowest BCUT2D eigenvalue weighted by Crippen LogP contribution is -2.14. The molecule has 1 saturated heterocycles. The average Bonchev–Trinajstić information content (AvgIpc) is 2.74. The monoisotopic (exact) mass is 269 g/mol. The van der Waals surface area contributed by atoms with Crippen LogP contribution in [0.25, 0.3) is 0 Å². The highest BCUT2D eigenvalue weighted by Gasteiger charge is 2.19. The molecule has 0 aromatic heterocycles. The second-order valence-electron chi connectivity index (χ2n) is 3.76. The van der Waals surface area contributed by atoms with Crippen LogP contribution in [-0.4, -0.2) is 13.2 Å². The van der Waals surface area contributed by atoms with Crippen LogP contribution < -0.4 is 10.1 Å². The molecule has 0 unspecified atom stereocenters. The van der Waals surface area contributed by atoms with Gasteiger partial charge in [0, 0.05) is 16.1 Å². The maximum atomic E-state index is 5.64. The molecule has 1 heterocycles. The molecule has 1 aliphatic rings. The van der Waals surface area contributed by atoms with Crippen molar-refractivity contribution in [2.24, 2.45) is 0 Å². The Bertz CT molecular complexity index is 334. The van der Waals surface area contributed by atoms with E-state index in [9.17, 15) is 0 Å². The SMILES string of the molecule is CCOc1ccc(Br)cc1[C@@H]1CCCN1. The number of hydrogen-bond donors (Lipinski definition) is 1. The summed E-state index contributed by atoms with van der Waals surface area (Å²) in [6.07, 6.45) is 2.46. The normalized spacial score (nSPS) is 20.5. The first kappa shape index (κ1) is 11.0. The number of benzene rings is 1. The Morgan fingerprint density at radius 1 is 1.53 bits per heavy atom. The molecule has 1 N–H and O–H groups in total. The quantitative estimate of drug-likeness (QED) is 0.910. The molecule has 2 rings (SSSR count). The van der Waals surface area contributed by atoms with Crippen molar-refractivity contribution in [3.05, 3.63) is 28.2 Å². The molecule has 2 nitrogen and oxygen atoms in total. The van der Waals surface area contributed by atoms with Crippen LogP contribution in [0.1, 0.15) is 31.4 Å². The van der Waals surface area contributed by atoms with Crippen LogP contribution in [0.3, 0.4) is 0 Å². The molecule has 82 valence electrons. The summed E-state index contributed by atoms with van der Waals surface area (Å²) in [5, 5.41) is 3.50. The molecule has 3 heteroatoms. The third-order valence-corrected chi connectivity index (χ3v) is 3.20. The van der Waals surface area contributed by atoms with Gasteiger partial charge in [0.2, 0.25) is 0 Å². The molecule has 0 amide bonds. The highest BCUT2D eigenvalue weighted by molar-refractivity contribution is 9.10. The van der Waals surface area contributed by atoms with Crippen molar-refractivity contribution in [2.45, 2.75) is 25.8 Å². The fourth-order valence-electron chi connectivity index (χ4n) is 2.03. The first-order valence-electron chi connectivity index (χ1n) is 5.47. The molecule has 1 aromatic rings. The van der Waals surface area contributed by atoms with Gasteiger partial charge in [-0.25, -0.2) is 0 Å². The van der Waals surface area contributed by atoms with Crippen molar-refractivity contribution in [1.82, 2.24) is 5.32 Å². The van der Waals surface area contributed by atoms with Gasteiger partial charge < -0.3 is 10.1 Å². The van der Waals surface area contributed by atoms with Gasteiger partial charge in [-0.05, 0) is 44.5 Å².